The van der Waals surface area contributed by atoms with E-state index in [0.29, 0.717) is 17.9 Å². The van der Waals surface area contributed by atoms with Gasteiger partial charge in [-0.05, 0) is 44.5 Å². The minimum Gasteiger partial charge on any atom is -0.459 e. The second kappa shape index (κ2) is 6.52. The summed E-state index contributed by atoms with van der Waals surface area (Å²) in [4.78, 5) is 0. The topological polar surface area (TPSA) is 25.2 Å². The SMILES string of the molecule is CCCNC(CCC(F)(F)F)c1cc2cc(C)ccc2o1. The zero-order valence-corrected chi connectivity index (χ0v) is 12.3. The highest BCUT2D eigenvalue weighted by atomic mass is 19.4. The lowest BCUT2D eigenvalue weighted by molar-refractivity contribution is -0.136. The summed E-state index contributed by atoms with van der Waals surface area (Å²) < 4.78 is 43.1. The van der Waals surface area contributed by atoms with E-state index in [1.54, 1.807) is 0 Å². The Hall–Kier alpha value is -1.49. The third-order valence-corrected chi connectivity index (χ3v) is 3.39. The number of alkyl halides is 3. The van der Waals surface area contributed by atoms with Crippen LogP contribution >= 0.6 is 0 Å². The number of fused-ring (bicyclic) bond motifs is 1. The van der Waals surface area contributed by atoms with Crippen molar-refractivity contribution in [1.82, 2.24) is 5.32 Å². The number of hydrogen-bond acceptors (Lipinski definition) is 2. The van der Waals surface area contributed by atoms with Gasteiger partial charge >= 0.3 is 6.18 Å². The monoisotopic (exact) mass is 299 g/mol. The molecule has 1 atom stereocenters. The van der Waals surface area contributed by atoms with Crippen LogP contribution < -0.4 is 5.32 Å². The highest BCUT2D eigenvalue weighted by Crippen LogP contribution is 2.31. The van der Waals surface area contributed by atoms with E-state index in [2.05, 4.69) is 5.32 Å². The van der Waals surface area contributed by atoms with Crippen molar-refractivity contribution in [1.29, 1.82) is 0 Å². The molecule has 1 aromatic heterocycles. The first-order valence-corrected chi connectivity index (χ1v) is 7.19. The summed E-state index contributed by atoms with van der Waals surface area (Å²) in [6.07, 6.45) is -4.11. The maximum Gasteiger partial charge on any atom is 0.389 e. The molecule has 2 aromatic rings. The smallest absolute Gasteiger partial charge is 0.389 e. The van der Waals surface area contributed by atoms with Crippen molar-refractivity contribution in [3.8, 4) is 0 Å². The van der Waals surface area contributed by atoms with Crippen molar-refractivity contribution in [2.24, 2.45) is 0 Å². The van der Waals surface area contributed by atoms with Crippen LogP contribution in [0.3, 0.4) is 0 Å². The van der Waals surface area contributed by atoms with E-state index in [1.165, 1.54) is 0 Å². The van der Waals surface area contributed by atoms with Crippen molar-refractivity contribution in [2.75, 3.05) is 6.54 Å². The molecule has 116 valence electrons. The molecule has 0 saturated heterocycles. The lowest BCUT2D eigenvalue weighted by atomic mass is 10.1. The summed E-state index contributed by atoms with van der Waals surface area (Å²) in [5.74, 6) is 0.577. The van der Waals surface area contributed by atoms with Gasteiger partial charge in [0.25, 0.3) is 0 Å². The highest BCUT2D eigenvalue weighted by Gasteiger charge is 2.29. The Balaban J connectivity index is 2.20. The molecule has 2 nitrogen and oxygen atoms in total. The molecule has 1 unspecified atom stereocenters. The first-order valence-electron chi connectivity index (χ1n) is 7.19. The van der Waals surface area contributed by atoms with Crippen LogP contribution in [0, 0.1) is 6.92 Å². The van der Waals surface area contributed by atoms with Crippen LogP contribution in [0.5, 0.6) is 0 Å². The Morgan fingerprint density at radius 2 is 2.00 bits per heavy atom. The highest BCUT2D eigenvalue weighted by molar-refractivity contribution is 5.78. The maximum atomic E-state index is 12.5. The van der Waals surface area contributed by atoms with Crippen LogP contribution in [0.15, 0.2) is 28.7 Å². The minimum atomic E-state index is -4.14. The molecule has 1 heterocycles. The number of halogens is 3. The fourth-order valence-electron chi connectivity index (χ4n) is 2.33. The first-order chi connectivity index (χ1) is 9.89. The molecule has 0 aliphatic heterocycles. The Morgan fingerprint density at radius 1 is 1.24 bits per heavy atom. The van der Waals surface area contributed by atoms with Gasteiger partial charge in [-0.1, -0.05) is 18.6 Å². The molecule has 0 spiro atoms. The molecule has 5 heteroatoms. The predicted octanol–water partition coefficient (Wildman–Crippen LogP) is 5.12. The van der Waals surface area contributed by atoms with Crippen molar-refractivity contribution in [3.63, 3.8) is 0 Å². The van der Waals surface area contributed by atoms with E-state index in [1.807, 2.05) is 38.1 Å². The second-order valence-electron chi connectivity index (χ2n) is 5.35. The van der Waals surface area contributed by atoms with Gasteiger partial charge in [-0.15, -0.1) is 0 Å². The van der Waals surface area contributed by atoms with Crippen molar-refractivity contribution >= 4 is 11.0 Å². The summed E-state index contributed by atoms with van der Waals surface area (Å²) in [6, 6.07) is 7.20. The number of hydrogen-bond donors (Lipinski definition) is 1. The molecular weight excluding hydrogens is 279 g/mol. The van der Waals surface area contributed by atoms with Gasteiger partial charge in [-0.25, -0.2) is 0 Å². The molecule has 0 bridgehead atoms. The largest absolute Gasteiger partial charge is 0.459 e. The molecule has 1 aromatic carbocycles. The fourth-order valence-corrected chi connectivity index (χ4v) is 2.33. The van der Waals surface area contributed by atoms with Gasteiger partial charge in [0.1, 0.15) is 11.3 Å². The van der Waals surface area contributed by atoms with Gasteiger partial charge in [-0.3, -0.25) is 0 Å². The Kier molecular flexibility index (Phi) is 4.93. The van der Waals surface area contributed by atoms with E-state index >= 15 is 0 Å². The number of nitrogens with one attached hydrogen (secondary N) is 1. The molecule has 0 fully saturated rings. The third kappa shape index (κ3) is 4.49. The van der Waals surface area contributed by atoms with E-state index in [9.17, 15) is 13.2 Å². The minimum absolute atomic E-state index is 0.0116. The van der Waals surface area contributed by atoms with Crippen LogP contribution in [0.25, 0.3) is 11.0 Å². The van der Waals surface area contributed by atoms with Gasteiger partial charge < -0.3 is 9.73 Å². The van der Waals surface area contributed by atoms with E-state index < -0.39 is 18.6 Å². The van der Waals surface area contributed by atoms with Crippen molar-refractivity contribution < 1.29 is 17.6 Å². The van der Waals surface area contributed by atoms with Crippen LogP contribution in [0.2, 0.25) is 0 Å². The molecule has 0 radical (unpaired) electrons. The first kappa shape index (κ1) is 15.9. The zero-order valence-electron chi connectivity index (χ0n) is 12.3. The van der Waals surface area contributed by atoms with Gasteiger partial charge in [0.15, 0.2) is 0 Å². The van der Waals surface area contributed by atoms with Crippen molar-refractivity contribution in [3.05, 3.63) is 35.6 Å². The van der Waals surface area contributed by atoms with Crippen molar-refractivity contribution in [2.45, 2.75) is 45.3 Å². The molecular formula is C16H20F3NO. The zero-order chi connectivity index (χ0) is 15.5. The normalized spacial score (nSPS) is 13.8. The predicted molar refractivity (Wildman–Crippen MR) is 77.3 cm³/mol. The summed E-state index contributed by atoms with van der Waals surface area (Å²) in [6.45, 7) is 4.62. The quantitative estimate of drug-likeness (QED) is 0.800. The fraction of sp³-hybridized carbons (Fsp3) is 0.500. The number of furan rings is 1. The molecule has 0 aliphatic rings. The van der Waals surface area contributed by atoms with Gasteiger partial charge in [-0.2, -0.15) is 13.2 Å². The molecule has 0 aliphatic carbocycles. The summed E-state index contributed by atoms with van der Waals surface area (Å²) >= 11 is 0. The van der Waals surface area contributed by atoms with Crippen LogP contribution in [0.4, 0.5) is 13.2 Å². The second-order valence-corrected chi connectivity index (χ2v) is 5.35. The maximum absolute atomic E-state index is 12.5. The van der Waals surface area contributed by atoms with Gasteiger partial charge in [0.05, 0.1) is 6.04 Å². The molecule has 0 amide bonds. The summed E-state index contributed by atoms with van der Waals surface area (Å²) in [5, 5.41) is 4.07. The van der Waals surface area contributed by atoms with E-state index in [-0.39, 0.29) is 6.42 Å². The lowest BCUT2D eigenvalue weighted by Gasteiger charge is -2.17. The molecule has 21 heavy (non-hydrogen) atoms. The average molecular weight is 299 g/mol. The van der Waals surface area contributed by atoms with E-state index in [4.69, 9.17) is 4.42 Å². The molecule has 0 saturated carbocycles. The lowest BCUT2D eigenvalue weighted by Crippen LogP contribution is -2.23. The van der Waals surface area contributed by atoms with Gasteiger partial charge in [0.2, 0.25) is 0 Å². The third-order valence-electron chi connectivity index (χ3n) is 3.39. The van der Waals surface area contributed by atoms with Crippen LogP contribution in [0.1, 0.15) is 43.6 Å². The molecule has 2 rings (SSSR count). The number of rotatable bonds is 6. The standard InChI is InChI=1S/C16H20F3NO/c1-3-8-20-13(6-7-16(17,18)19)15-10-12-9-11(2)4-5-14(12)21-15/h4-5,9-10,13,20H,3,6-8H2,1-2H3. The Morgan fingerprint density at radius 3 is 2.67 bits per heavy atom. The summed E-state index contributed by atoms with van der Waals surface area (Å²) in [7, 11) is 0. The number of benzene rings is 1. The van der Waals surface area contributed by atoms with Crippen LogP contribution in [-0.2, 0) is 0 Å². The average Bonchev–Trinajstić information content (AvgIpc) is 2.80. The molecule has 1 N–H and O–H groups in total. The van der Waals surface area contributed by atoms with Gasteiger partial charge in [0, 0.05) is 11.8 Å². The van der Waals surface area contributed by atoms with Crippen LogP contribution in [-0.4, -0.2) is 12.7 Å². The summed E-state index contributed by atoms with van der Waals surface area (Å²) in [5.41, 5.74) is 1.81. The Labute approximate surface area is 122 Å². The Bertz CT molecular complexity index is 589. The number of aryl methyl sites for hydroxylation is 1. The van der Waals surface area contributed by atoms with E-state index in [0.717, 1.165) is 17.4 Å².